The van der Waals surface area contributed by atoms with Crippen LogP contribution in [-0.2, 0) is 14.8 Å². The molecule has 3 aromatic rings. The van der Waals surface area contributed by atoms with Crippen LogP contribution >= 0.6 is 22.9 Å². The van der Waals surface area contributed by atoms with Crippen molar-refractivity contribution >= 4 is 56.4 Å². The first-order valence-corrected chi connectivity index (χ1v) is 12.6. The summed E-state index contributed by atoms with van der Waals surface area (Å²) in [4.78, 5) is 26.1. The van der Waals surface area contributed by atoms with E-state index in [9.17, 15) is 23.1 Å². The highest BCUT2D eigenvalue weighted by molar-refractivity contribution is 7.93. The van der Waals surface area contributed by atoms with Crippen molar-refractivity contribution in [3.8, 4) is 11.5 Å². The number of hydrogen-bond acceptors (Lipinski definition) is 10. The van der Waals surface area contributed by atoms with E-state index in [0.717, 1.165) is 11.3 Å². The third-order valence-corrected chi connectivity index (χ3v) is 7.84. The zero-order valence-corrected chi connectivity index (χ0v) is 20.9. The molecule has 1 amide bonds. The number of aliphatic carboxylic acids is 1. The van der Waals surface area contributed by atoms with Gasteiger partial charge in [0.05, 0.1) is 5.69 Å². The summed E-state index contributed by atoms with van der Waals surface area (Å²) in [6.07, 6.45) is 0. The molecule has 0 radical (unpaired) electrons. The number of thiophene rings is 1. The Morgan fingerprint density at radius 2 is 1.94 bits per heavy atom. The van der Waals surface area contributed by atoms with Crippen molar-refractivity contribution in [1.29, 1.82) is 0 Å². The second-order valence-corrected chi connectivity index (χ2v) is 10.5. The summed E-state index contributed by atoms with van der Waals surface area (Å²) in [7, 11) is -1.13. The lowest BCUT2D eigenvalue weighted by atomic mass is 10.0. The number of hydrogen-bond donors (Lipinski definition) is 3. The van der Waals surface area contributed by atoms with Gasteiger partial charge in [-0.15, -0.1) is 11.3 Å². The number of carbonyl (C=O) groups excluding carboxylic acids is 1. The number of anilines is 2. The number of sulfonamides is 1. The van der Waals surface area contributed by atoms with E-state index in [-0.39, 0.29) is 44.4 Å². The molecule has 3 heterocycles. The molecule has 0 fully saturated rings. The third-order valence-electron chi connectivity index (χ3n) is 4.98. The fourth-order valence-corrected chi connectivity index (χ4v) is 5.87. The minimum absolute atomic E-state index is 0.0109. The van der Waals surface area contributed by atoms with E-state index in [1.807, 2.05) is 0 Å². The van der Waals surface area contributed by atoms with Crippen molar-refractivity contribution in [2.45, 2.75) is 17.9 Å². The average molecular weight is 543 g/mol. The molecule has 186 valence electrons. The number of fused-ring (bicyclic) bond motifs is 1. The van der Waals surface area contributed by atoms with E-state index in [4.69, 9.17) is 25.6 Å². The van der Waals surface area contributed by atoms with Gasteiger partial charge in [-0.1, -0.05) is 16.8 Å². The number of nitrogens with one attached hydrogen (secondary N) is 2. The van der Waals surface area contributed by atoms with Crippen LogP contribution in [0.15, 0.2) is 33.0 Å². The Hall–Kier alpha value is -3.33. The van der Waals surface area contributed by atoms with Crippen molar-refractivity contribution in [3.63, 3.8) is 0 Å². The monoisotopic (exact) mass is 542 g/mol. The number of ether oxygens (including phenoxy) is 2. The van der Waals surface area contributed by atoms with Gasteiger partial charge in [0.25, 0.3) is 21.8 Å². The number of amides is 1. The van der Waals surface area contributed by atoms with Crippen LogP contribution in [-0.4, -0.2) is 56.3 Å². The molecular formula is C20H19ClN4O8S2. The van der Waals surface area contributed by atoms with Crippen LogP contribution in [0.2, 0.25) is 5.02 Å². The van der Waals surface area contributed by atoms with Gasteiger partial charge >= 0.3 is 5.97 Å². The summed E-state index contributed by atoms with van der Waals surface area (Å²) in [6.45, 7) is 1.47. The molecular weight excluding hydrogens is 524 g/mol. The largest absolute Gasteiger partial charge is 0.480 e. The van der Waals surface area contributed by atoms with Crippen molar-refractivity contribution in [3.05, 3.63) is 44.7 Å². The molecule has 1 unspecified atom stereocenters. The van der Waals surface area contributed by atoms with E-state index in [2.05, 4.69) is 15.2 Å². The predicted molar refractivity (Wildman–Crippen MR) is 126 cm³/mol. The second-order valence-electron chi connectivity index (χ2n) is 7.58. The molecule has 1 aromatic carbocycles. The number of benzene rings is 1. The van der Waals surface area contributed by atoms with Gasteiger partial charge in [0, 0.05) is 11.6 Å². The first-order valence-electron chi connectivity index (χ1n) is 9.85. The van der Waals surface area contributed by atoms with Gasteiger partial charge < -0.3 is 24.4 Å². The number of carboxylic acid groups (broad SMARTS) is 1. The number of rotatable bonds is 8. The number of aryl methyl sites for hydroxylation is 1. The highest BCUT2D eigenvalue weighted by Gasteiger charge is 2.31. The smallest absolute Gasteiger partial charge is 0.325 e. The summed E-state index contributed by atoms with van der Waals surface area (Å²) in [5.74, 6) is -1.58. The first-order chi connectivity index (χ1) is 16.5. The van der Waals surface area contributed by atoms with E-state index >= 15 is 0 Å². The van der Waals surface area contributed by atoms with E-state index in [1.54, 1.807) is 14.1 Å². The highest BCUT2D eigenvalue weighted by atomic mass is 35.5. The Morgan fingerprint density at radius 3 is 2.54 bits per heavy atom. The van der Waals surface area contributed by atoms with Gasteiger partial charge in [0.1, 0.15) is 26.5 Å². The number of nitrogens with zero attached hydrogens (tertiary/aromatic N) is 2. The van der Waals surface area contributed by atoms with E-state index in [1.165, 1.54) is 35.4 Å². The predicted octanol–water partition coefficient (Wildman–Crippen LogP) is 3.17. The molecule has 1 aliphatic rings. The van der Waals surface area contributed by atoms with Crippen molar-refractivity contribution in [2.24, 2.45) is 0 Å². The standard InChI is InChI=1S/C20H19ClN4O8S2/c1-9-15(21)19(33-23-9)24-35(29,30)14-4-5-34-17(14)18(26)22-11-7-13-12(31-8-32-13)6-10(11)16(20(27)28)25(2)3/h4-7,16,24H,8H2,1-3H3,(H,22,26)(H,27,28). The summed E-state index contributed by atoms with van der Waals surface area (Å²) in [5, 5.41) is 17.4. The van der Waals surface area contributed by atoms with Crippen LogP contribution in [0.1, 0.15) is 27.0 Å². The van der Waals surface area contributed by atoms with Gasteiger partial charge in [-0.2, -0.15) is 0 Å². The van der Waals surface area contributed by atoms with Gasteiger partial charge in [0.2, 0.25) is 6.79 Å². The molecule has 0 aliphatic carbocycles. The Kier molecular flexibility index (Phi) is 6.64. The lowest BCUT2D eigenvalue weighted by Gasteiger charge is -2.23. The minimum Gasteiger partial charge on any atom is -0.480 e. The van der Waals surface area contributed by atoms with Crippen molar-refractivity contribution in [2.75, 3.05) is 30.9 Å². The lowest BCUT2D eigenvalue weighted by Crippen LogP contribution is -2.29. The fraction of sp³-hybridized carbons (Fsp3) is 0.250. The molecule has 0 bridgehead atoms. The Labute approximate surface area is 208 Å². The number of carboxylic acids is 1. The van der Waals surface area contributed by atoms with Crippen LogP contribution in [0.4, 0.5) is 11.6 Å². The zero-order chi connectivity index (χ0) is 25.5. The molecule has 35 heavy (non-hydrogen) atoms. The topological polar surface area (TPSA) is 160 Å². The molecule has 12 nitrogen and oxygen atoms in total. The normalized spacial score (nSPS) is 13.6. The van der Waals surface area contributed by atoms with Crippen LogP contribution < -0.4 is 19.5 Å². The maximum absolute atomic E-state index is 13.2. The highest BCUT2D eigenvalue weighted by Crippen LogP contribution is 2.41. The zero-order valence-electron chi connectivity index (χ0n) is 18.5. The first kappa shape index (κ1) is 24.8. The molecule has 15 heteroatoms. The molecule has 0 saturated carbocycles. The Bertz CT molecular complexity index is 1420. The number of halogens is 1. The second kappa shape index (κ2) is 9.37. The van der Waals surface area contributed by atoms with E-state index in [0.29, 0.717) is 11.5 Å². The molecule has 4 rings (SSSR count). The molecule has 0 saturated heterocycles. The summed E-state index contributed by atoms with van der Waals surface area (Å²) < 4.78 is 43.7. The maximum Gasteiger partial charge on any atom is 0.325 e. The fourth-order valence-electron chi connectivity index (χ4n) is 3.38. The quantitative estimate of drug-likeness (QED) is 0.385. The SMILES string of the molecule is Cc1noc(NS(=O)(=O)c2ccsc2C(=O)Nc2cc3c(cc2C(C(=O)O)N(C)C)OCO3)c1Cl. The van der Waals surface area contributed by atoms with E-state index < -0.39 is 27.9 Å². The molecule has 2 aromatic heterocycles. The van der Waals surface area contributed by atoms with Gasteiger partial charge in [0.15, 0.2) is 11.5 Å². The summed E-state index contributed by atoms with van der Waals surface area (Å²) >= 11 is 6.88. The van der Waals surface area contributed by atoms with Crippen LogP contribution in [0.3, 0.4) is 0 Å². The van der Waals surface area contributed by atoms with Gasteiger partial charge in [-0.25, -0.2) is 13.1 Å². The molecule has 0 spiro atoms. The average Bonchev–Trinajstić information content (AvgIpc) is 3.50. The third kappa shape index (κ3) is 4.77. The lowest BCUT2D eigenvalue weighted by molar-refractivity contribution is -0.142. The summed E-state index contributed by atoms with van der Waals surface area (Å²) in [6, 6.07) is 3.02. The minimum atomic E-state index is -4.28. The van der Waals surface area contributed by atoms with Crippen LogP contribution in [0, 0.1) is 6.92 Å². The molecule has 1 atom stereocenters. The van der Waals surface area contributed by atoms with Crippen LogP contribution in [0.5, 0.6) is 11.5 Å². The van der Waals surface area contributed by atoms with Crippen LogP contribution in [0.25, 0.3) is 0 Å². The number of aromatic nitrogens is 1. The maximum atomic E-state index is 13.2. The Morgan fingerprint density at radius 1 is 1.26 bits per heavy atom. The number of carbonyl (C=O) groups is 2. The van der Waals surface area contributed by atoms with Gasteiger partial charge in [-0.05, 0) is 38.5 Å². The van der Waals surface area contributed by atoms with Crippen molar-refractivity contribution < 1.29 is 37.1 Å². The molecule has 3 N–H and O–H groups in total. The molecule has 1 aliphatic heterocycles. The van der Waals surface area contributed by atoms with Gasteiger partial charge in [-0.3, -0.25) is 14.5 Å². The Balaban J connectivity index is 1.69. The van der Waals surface area contributed by atoms with Crippen molar-refractivity contribution in [1.82, 2.24) is 10.1 Å². The number of likely N-dealkylation sites (N-methyl/N-ethyl adjacent to an activating group) is 1. The summed E-state index contributed by atoms with van der Waals surface area (Å²) in [5.41, 5.74) is 0.638.